The highest BCUT2D eigenvalue weighted by atomic mass is 14.8. The summed E-state index contributed by atoms with van der Waals surface area (Å²) in [4.78, 5) is 8.87. The van der Waals surface area contributed by atoms with Gasteiger partial charge in [0.1, 0.15) is 0 Å². The van der Waals surface area contributed by atoms with Crippen molar-refractivity contribution in [3.8, 4) is 89.0 Å². The maximum Gasteiger partial charge on any atom is 0.0971 e. The van der Waals surface area contributed by atoms with Gasteiger partial charge in [0.05, 0.1) is 22.0 Å². The Kier molecular flexibility index (Phi) is 7.63. The van der Waals surface area contributed by atoms with Gasteiger partial charge in [-0.1, -0.05) is 197 Å². The number of rotatable bonds is 6. The van der Waals surface area contributed by atoms with Crippen LogP contribution in [0.1, 0.15) is 60.9 Å². The van der Waals surface area contributed by atoms with Gasteiger partial charge in [0.2, 0.25) is 0 Å². The summed E-state index contributed by atoms with van der Waals surface area (Å²) in [6.45, 7) is 9.09. The Morgan fingerprint density at radius 2 is 0.611 bits per heavy atom. The van der Waals surface area contributed by atoms with Crippen molar-refractivity contribution in [2.24, 2.45) is 0 Å². The van der Waals surface area contributed by atoms with E-state index in [1.807, 2.05) is 72.8 Å². The maximum atomic E-state index is 10.1. The van der Waals surface area contributed by atoms with Crippen LogP contribution < -0.4 is 0 Å². The lowest BCUT2D eigenvalue weighted by atomic mass is 9.81. The Morgan fingerprint density at radius 1 is 0.292 bits per heavy atom. The fraction of sp³-hybridized carbons (Fsp3) is 0.0857. The van der Waals surface area contributed by atoms with Gasteiger partial charge in [-0.2, -0.15) is 0 Å². The van der Waals surface area contributed by atoms with Crippen molar-refractivity contribution in [1.29, 1.82) is 0 Å². The second-order valence-corrected chi connectivity index (χ2v) is 20.3. The van der Waals surface area contributed by atoms with Gasteiger partial charge in [0, 0.05) is 33.9 Å². The Bertz CT molecular complexity index is 4420. The highest BCUT2D eigenvalue weighted by Gasteiger charge is 2.36. The molecule has 2 aliphatic carbocycles. The van der Waals surface area contributed by atoms with Crippen molar-refractivity contribution >= 4 is 32.6 Å². The topological polar surface area (TPSA) is 25.8 Å². The summed E-state index contributed by atoms with van der Waals surface area (Å²) in [6, 6.07) is 61.0. The van der Waals surface area contributed by atoms with E-state index in [2.05, 4.69) is 147 Å². The highest BCUT2D eigenvalue weighted by molar-refractivity contribution is 6.24. The van der Waals surface area contributed by atoms with E-state index in [1.165, 1.54) is 44.5 Å². The van der Waals surface area contributed by atoms with Crippen LogP contribution in [0.2, 0.25) is 0 Å². The molecule has 0 unspecified atom stereocenters. The lowest BCUT2D eigenvalue weighted by Crippen LogP contribution is -2.14. The lowest BCUT2D eigenvalue weighted by Gasteiger charge is -2.22. The van der Waals surface area contributed by atoms with E-state index in [1.54, 1.807) is 0 Å². The predicted molar refractivity (Wildman–Crippen MR) is 302 cm³/mol. The summed E-state index contributed by atoms with van der Waals surface area (Å²) in [5, 5.41) is 0.233. The third-order valence-electron chi connectivity index (χ3n) is 15.5. The minimum absolute atomic E-state index is 0.0256. The molecule has 0 atom stereocenters. The maximum absolute atomic E-state index is 10.1. The first-order valence-electron chi connectivity index (χ1n) is 28.6. The van der Waals surface area contributed by atoms with Crippen molar-refractivity contribution in [1.82, 2.24) is 9.97 Å². The zero-order valence-electron chi connectivity index (χ0n) is 48.2. The molecule has 0 aliphatic heterocycles. The molecule has 0 saturated heterocycles. The minimum Gasteiger partial charge on any atom is -0.252 e. The molecule has 72 heavy (non-hydrogen) atoms. The molecule has 2 heteroatoms. The fourth-order valence-electron chi connectivity index (χ4n) is 11.7. The molecule has 0 amide bonds. The van der Waals surface area contributed by atoms with Gasteiger partial charge in [-0.15, -0.1) is 0 Å². The smallest absolute Gasteiger partial charge is 0.0971 e. The molecule has 2 nitrogen and oxygen atoms in total. The second-order valence-electron chi connectivity index (χ2n) is 20.3. The molecular formula is C70H50N2. The van der Waals surface area contributed by atoms with E-state index in [4.69, 9.17) is 2.74 Å². The zero-order chi connectivity index (χ0) is 55.3. The van der Waals surface area contributed by atoms with E-state index < -0.39 is 12.3 Å². The molecule has 2 aliphatic rings. The number of benzene rings is 11. The van der Waals surface area contributed by atoms with Crippen molar-refractivity contribution in [2.75, 3.05) is 0 Å². The summed E-state index contributed by atoms with van der Waals surface area (Å²) in [5.74, 6) is 0. The number of hydrogen-bond acceptors (Lipinski definition) is 2. The predicted octanol–water partition coefficient (Wildman–Crippen LogP) is 18.6. The summed E-state index contributed by atoms with van der Waals surface area (Å²) in [5.41, 5.74) is 18.9. The molecule has 0 N–H and O–H groups in total. The van der Waals surface area contributed by atoms with E-state index in [0.717, 1.165) is 44.5 Å². The number of nitrogens with zero attached hydrogens (tertiary/aromatic N) is 2. The molecule has 1 heterocycles. The van der Waals surface area contributed by atoms with Crippen molar-refractivity contribution in [3.63, 3.8) is 0 Å². The van der Waals surface area contributed by atoms with Crippen LogP contribution in [-0.4, -0.2) is 9.97 Å². The van der Waals surface area contributed by atoms with Gasteiger partial charge < -0.3 is 0 Å². The highest BCUT2D eigenvalue weighted by Crippen LogP contribution is 2.51. The standard InChI is InChI=1S/C70H50N2/c1-69(2)63-23-7-5-21-55(63)57-29-25-53(41-65(57)69)49-19-11-15-45(37-49)43-13-9-17-47(35-43)51-27-31-59-61(39-51)62-40-52(28-32-60(62)68-67(59)71-33-34-72-68)48-18-10-14-44(36-48)46-16-12-20-50(38-46)54-26-30-58-56-22-6-8-24-64(56)70(3,4)66(58)42-54/h5-42H,1-4H3/i27D,28D,31D,32D,33D,34D,39D,40D. The van der Waals surface area contributed by atoms with Crippen LogP contribution in [0.25, 0.3) is 122 Å². The average molecular weight is 927 g/mol. The van der Waals surface area contributed by atoms with Gasteiger partial charge in [0.25, 0.3) is 0 Å². The Morgan fingerprint density at radius 3 is 0.986 bits per heavy atom. The quantitative estimate of drug-likeness (QED) is 0.155. The fourth-order valence-corrected chi connectivity index (χ4v) is 11.7. The van der Waals surface area contributed by atoms with Gasteiger partial charge in [0.15, 0.2) is 0 Å². The third kappa shape index (κ3) is 6.56. The summed E-state index contributed by atoms with van der Waals surface area (Å²) in [6.07, 6.45) is -0.953. The van der Waals surface area contributed by atoms with E-state index in [0.29, 0.717) is 11.1 Å². The number of fused-ring (bicyclic) bond motifs is 12. The molecule has 14 rings (SSSR count). The second kappa shape index (κ2) is 15.9. The Labute approximate surface area is 432 Å². The molecular weight excluding hydrogens is 869 g/mol. The number of hydrogen-bond donors (Lipinski definition) is 0. The summed E-state index contributed by atoms with van der Waals surface area (Å²) in [7, 11) is 0. The van der Waals surface area contributed by atoms with Crippen LogP contribution in [-0.2, 0) is 10.8 Å². The van der Waals surface area contributed by atoms with Crippen molar-refractivity contribution < 1.29 is 11.0 Å². The zero-order valence-corrected chi connectivity index (χ0v) is 40.2. The SMILES string of the molecule is [2H]c1nc2c(nc1[2H])c1c([2H])c([2H])c(-c3cccc(-c4cccc(-c5ccc6c(c5)C(C)(C)c5ccccc5-6)c4)c3)c([2H])c1c1c([2H])c(-c3cccc(-c4cccc(-c5ccc6c(c5)C(C)(C)c5ccccc5-6)c4)c3)c([2H])c([2H])c21. The molecule has 0 fully saturated rings. The first kappa shape index (κ1) is 34.6. The van der Waals surface area contributed by atoms with Gasteiger partial charge in [-0.05, 0) is 171 Å². The minimum atomic E-state index is -0.477. The molecule has 12 aromatic rings. The Balaban J connectivity index is 0.901. The molecule has 0 saturated carbocycles. The Hall–Kier alpha value is -8.72. The monoisotopic (exact) mass is 926 g/mol. The lowest BCUT2D eigenvalue weighted by molar-refractivity contribution is 0.660. The van der Waals surface area contributed by atoms with Crippen molar-refractivity contribution in [2.45, 2.75) is 38.5 Å². The first-order chi connectivity index (χ1) is 38.5. The molecule has 340 valence electrons. The third-order valence-corrected chi connectivity index (χ3v) is 15.5. The average Bonchev–Trinajstić information content (AvgIpc) is 3.91. The number of aromatic nitrogens is 2. The van der Waals surface area contributed by atoms with E-state index in [-0.39, 0.29) is 90.8 Å². The van der Waals surface area contributed by atoms with Gasteiger partial charge >= 0.3 is 0 Å². The van der Waals surface area contributed by atoms with Crippen molar-refractivity contribution in [3.05, 3.63) is 253 Å². The molecule has 0 bridgehead atoms. The van der Waals surface area contributed by atoms with Crippen LogP contribution >= 0.6 is 0 Å². The van der Waals surface area contributed by atoms with Crippen LogP contribution in [0.15, 0.2) is 231 Å². The van der Waals surface area contributed by atoms with E-state index in [9.17, 15) is 8.22 Å². The molecule has 0 spiro atoms. The van der Waals surface area contributed by atoms with Crippen LogP contribution in [0.3, 0.4) is 0 Å². The van der Waals surface area contributed by atoms with Crippen LogP contribution in [0.4, 0.5) is 0 Å². The summed E-state index contributed by atoms with van der Waals surface area (Å²) < 4.78 is 76.0. The van der Waals surface area contributed by atoms with Gasteiger partial charge in [-0.3, -0.25) is 9.97 Å². The molecule has 0 radical (unpaired) electrons. The molecule has 11 aromatic carbocycles. The van der Waals surface area contributed by atoms with E-state index >= 15 is 0 Å². The van der Waals surface area contributed by atoms with Gasteiger partial charge in [-0.25, -0.2) is 0 Å². The normalized spacial score (nSPS) is 15.3. The summed E-state index contributed by atoms with van der Waals surface area (Å²) >= 11 is 0. The molecule has 1 aromatic heterocycles. The largest absolute Gasteiger partial charge is 0.252 e. The van der Waals surface area contributed by atoms with Crippen LogP contribution in [0.5, 0.6) is 0 Å². The first-order valence-corrected chi connectivity index (χ1v) is 24.6. The van der Waals surface area contributed by atoms with Crippen LogP contribution in [0, 0.1) is 0 Å².